The molecule has 1 fully saturated rings. The van der Waals surface area contributed by atoms with Gasteiger partial charge in [-0.3, -0.25) is 4.98 Å². The smallest absolute Gasteiger partial charge is 0.101 e. The van der Waals surface area contributed by atoms with Crippen LogP contribution in [0, 0.1) is 17.2 Å². The second-order valence-electron chi connectivity index (χ2n) is 6.14. The lowest BCUT2D eigenvalue weighted by Crippen LogP contribution is -2.48. The van der Waals surface area contributed by atoms with Gasteiger partial charge < -0.3 is 10.2 Å². The van der Waals surface area contributed by atoms with E-state index >= 15 is 0 Å². The maximum atomic E-state index is 9.28. The summed E-state index contributed by atoms with van der Waals surface area (Å²) in [5.74, 6) is 0.653. The monoisotopic (exact) mass is 294 g/mol. The van der Waals surface area contributed by atoms with E-state index < -0.39 is 0 Å². The van der Waals surface area contributed by atoms with E-state index in [-0.39, 0.29) is 0 Å². The van der Waals surface area contributed by atoms with E-state index in [1.165, 1.54) is 12.1 Å². The molecule has 1 aromatic heterocycles. The summed E-state index contributed by atoms with van der Waals surface area (Å²) in [5.41, 5.74) is 2.64. The van der Waals surface area contributed by atoms with E-state index in [2.05, 4.69) is 47.3 Å². The summed E-state index contributed by atoms with van der Waals surface area (Å²) in [5, 5.41) is 13.9. The van der Waals surface area contributed by atoms with Gasteiger partial charge in [-0.1, -0.05) is 13.8 Å². The van der Waals surface area contributed by atoms with Crippen molar-refractivity contribution in [2.24, 2.45) is 5.92 Å². The Morgan fingerprint density at radius 2 is 2.23 bits per heavy atom. The Hall–Kier alpha value is -2.12. The lowest BCUT2D eigenvalue weighted by molar-refractivity contribution is 0.356. The van der Waals surface area contributed by atoms with Crippen LogP contribution in [0.5, 0.6) is 0 Å². The molecule has 1 N–H and O–H groups in total. The van der Waals surface area contributed by atoms with E-state index in [1.54, 1.807) is 6.20 Å². The number of anilines is 1. The van der Waals surface area contributed by atoms with Crippen LogP contribution in [0.4, 0.5) is 5.69 Å². The summed E-state index contributed by atoms with van der Waals surface area (Å²) in [6, 6.07) is 10.8. The number of pyridine rings is 1. The molecule has 0 aliphatic carbocycles. The van der Waals surface area contributed by atoms with Gasteiger partial charge in [0, 0.05) is 36.4 Å². The molecule has 0 saturated carbocycles. The van der Waals surface area contributed by atoms with Gasteiger partial charge in [-0.2, -0.15) is 5.26 Å². The molecule has 1 aliphatic heterocycles. The highest BCUT2D eigenvalue weighted by Gasteiger charge is 2.25. The number of hydrogen-bond donors (Lipinski definition) is 1. The predicted molar refractivity (Wildman–Crippen MR) is 89.9 cm³/mol. The van der Waals surface area contributed by atoms with E-state index in [4.69, 9.17) is 0 Å². The number of likely N-dealkylation sites (N-methyl/N-ethyl adjacent to an activating group) is 1. The van der Waals surface area contributed by atoms with Gasteiger partial charge in [0.25, 0.3) is 0 Å². The van der Waals surface area contributed by atoms with E-state index in [1.807, 2.05) is 12.1 Å². The molecule has 0 radical (unpaired) electrons. The Balaban J connectivity index is 2.01. The average Bonchev–Trinajstić information content (AvgIpc) is 2.53. The second-order valence-corrected chi connectivity index (χ2v) is 6.14. The summed E-state index contributed by atoms with van der Waals surface area (Å²) in [6.07, 6.45) is 2.98. The summed E-state index contributed by atoms with van der Waals surface area (Å²) in [7, 11) is 0. The highest BCUT2D eigenvalue weighted by atomic mass is 15.2. The Bertz CT molecular complexity index is 704. The van der Waals surface area contributed by atoms with Crippen LogP contribution in [0.1, 0.15) is 25.8 Å². The van der Waals surface area contributed by atoms with Crippen molar-refractivity contribution in [3.05, 3.63) is 36.0 Å². The normalized spacial score (nSPS) is 21.8. The van der Waals surface area contributed by atoms with Gasteiger partial charge in [0.2, 0.25) is 0 Å². The summed E-state index contributed by atoms with van der Waals surface area (Å²) >= 11 is 0. The fraction of sp³-hybridized carbons (Fsp3) is 0.444. The van der Waals surface area contributed by atoms with E-state index in [0.717, 1.165) is 30.5 Å². The summed E-state index contributed by atoms with van der Waals surface area (Å²) in [6.45, 7) is 7.53. The Labute approximate surface area is 131 Å². The zero-order chi connectivity index (χ0) is 15.5. The zero-order valence-electron chi connectivity index (χ0n) is 13.2. The Morgan fingerprint density at radius 3 is 3.00 bits per heavy atom. The van der Waals surface area contributed by atoms with Gasteiger partial charge in [-0.05, 0) is 43.1 Å². The summed E-state index contributed by atoms with van der Waals surface area (Å²) in [4.78, 5) is 6.85. The van der Waals surface area contributed by atoms with Crippen molar-refractivity contribution in [1.29, 1.82) is 5.26 Å². The van der Waals surface area contributed by atoms with Crippen molar-refractivity contribution in [2.45, 2.75) is 26.3 Å². The molecule has 114 valence electrons. The molecule has 0 bridgehead atoms. The van der Waals surface area contributed by atoms with Gasteiger partial charge in [0.1, 0.15) is 6.07 Å². The molecule has 4 heteroatoms. The molecule has 4 nitrogen and oxygen atoms in total. The van der Waals surface area contributed by atoms with Gasteiger partial charge in [0.15, 0.2) is 0 Å². The number of hydrogen-bond acceptors (Lipinski definition) is 4. The number of fused-ring (bicyclic) bond motifs is 1. The standard InChI is InChI=1S/C18H22N4/c1-3-20-15-9-13(2)11-22(12-15)17-7-6-14(10-19)18-16(17)5-4-8-21-18/h4-8,13,15,20H,3,9,11-12H2,1-2H3/t13-,15?/m0/s1. The molecule has 1 aliphatic rings. The van der Waals surface area contributed by atoms with Crippen LogP contribution in [0.25, 0.3) is 10.9 Å². The van der Waals surface area contributed by atoms with Crippen LogP contribution in [0.15, 0.2) is 30.5 Å². The van der Waals surface area contributed by atoms with E-state index in [0.29, 0.717) is 17.5 Å². The second kappa shape index (κ2) is 6.33. The van der Waals surface area contributed by atoms with Crippen molar-refractivity contribution < 1.29 is 0 Å². The van der Waals surface area contributed by atoms with Crippen molar-refractivity contribution in [3.63, 3.8) is 0 Å². The molecule has 1 saturated heterocycles. The first-order valence-electron chi connectivity index (χ1n) is 7.99. The quantitative estimate of drug-likeness (QED) is 0.945. The summed E-state index contributed by atoms with van der Waals surface area (Å²) < 4.78 is 0. The number of nitrogens with one attached hydrogen (secondary N) is 1. The number of nitrogens with zero attached hydrogens (tertiary/aromatic N) is 3. The fourth-order valence-corrected chi connectivity index (χ4v) is 3.51. The van der Waals surface area contributed by atoms with Crippen LogP contribution in [-0.4, -0.2) is 30.7 Å². The minimum Gasteiger partial charge on any atom is -0.369 e. The van der Waals surface area contributed by atoms with Crippen molar-refractivity contribution in [2.75, 3.05) is 24.5 Å². The van der Waals surface area contributed by atoms with Crippen molar-refractivity contribution in [1.82, 2.24) is 10.3 Å². The van der Waals surface area contributed by atoms with Gasteiger partial charge in [-0.25, -0.2) is 0 Å². The first-order chi connectivity index (χ1) is 10.7. The van der Waals surface area contributed by atoms with Crippen molar-refractivity contribution in [3.8, 4) is 6.07 Å². The first-order valence-corrected chi connectivity index (χ1v) is 7.99. The Kier molecular flexibility index (Phi) is 4.26. The van der Waals surface area contributed by atoms with Crippen LogP contribution in [-0.2, 0) is 0 Å². The molecule has 2 atom stereocenters. The number of benzene rings is 1. The maximum Gasteiger partial charge on any atom is 0.101 e. The zero-order valence-corrected chi connectivity index (χ0v) is 13.2. The highest BCUT2D eigenvalue weighted by molar-refractivity contribution is 5.95. The molecular weight excluding hydrogens is 272 g/mol. The minimum absolute atomic E-state index is 0.524. The number of nitriles is 1. The van der Waals surface area contributed by atoms with Crippen molar-refractivity contribution >= 4 is 16.6 Å². The fourth-order valence-electron chi connectivity index (χ4n) is 3.51. The predicted octanol–water partition coefficient (Wildman–Crippen LogP) is 2.93. The SMILES string of the molecule is CCNC1C[C@H](C)CN(c2ccc(C#N)c3ncccc23)C1. The lowest BCUT2D eigenvalue weighted by atomic mass is 9.94. The first kappa shape index (κ1) is 14.8. The molecule has 2 heterocycles. The van der Waals surface area contributed by atoms with Gasteiger partial charge >= 0.3 is 0 Å². The number of aromatic nitrogens is 1. The van der Waals surface area contributed by atoms with Gasteiger partial charge in [0.05, 0.1) is 11.1 Å². The number of rotatable bonds is 3. The van der Waals surface area contributed by atoms with E-state index in [9.17, 15) is 5.26 Å². The number of piperidine rings is 1. The molecule has 1 unspecified atom stereocenters. The molecule has 1 aromatic carbocycles. The van der Waals surface area contributed by atoms with Gasteiger partial charge in [-0.15, -0.1) is 0 Å². The third-order valence-corrected chi connectivity index (χ3v) is 4.36. The minimum atomic E-state index is 0.524. The van der Waals surface area contributed by atoms with Crippen LogP contribution in [0.2, 0.25) is 0 Å². The topological polar surface area (TPSA) is 52.0 Å². The lowest BCUT2D eigenvalue weighted by Gasteiger charge is -2.38. The third kappa shape index (κ3) is 2.77. The highest BCUT2D eigenvalue weighted by Crippen LogP contribution is 2.31. The molecule has 2 aromatic rings. The maximum absolute atomic E-state index is 9.28. The molecule has 22 heavy (non-hydrogen) atoms. The van der Waals surface area contributed by atoms with Crippen LogP contribution < -0.4 is 10.2 Å². The Morgan fingerprint density at radius 1 is 1.36 bits per heavy atom. The van der Waals surface area contributed by atoms with Crippen LogP contribution in [0.3, 0.4) is 0 Å². The molecule has 0 spiro atoms. The largest absolute Gasteiger partial charge is 0.369 e. The molecule has 3 rings (SSSR count). The third-order valence-electron chi connectivity index (χ3n) is 4.36. The molecule has 0 amide bonds. The van der Waals surface area contributed by atoms with Crippen LogP contribution >= 0.6 is 0 Å². The average molecular weight is 294 g/mol. The molecular formula is C18H22N4.